The fraction of sp³-hybridized carbons (Fsp3) is 0.278. The van der Waals surface area contributed by atoms with Gasteiger partial charge in [-0.3, -0.25) is 9.59 Å². The number of carboxylic acid groups (broad SMARTS) is 1. The first-order valence-corrected chi connectivity index (χ1v) is 8.94. The molecule has 0 saturated carbocycles. The molecule has 1 amide bonds. The predicted molar refractivity (Wildman–Crippen MR) is 100.0 cm³/mol. The summed E-state index contributed by atoms with van der Waals surface area (Å²) in [5, 5.41) is 22.6. The minimum absolute atomic E-state index is 0.0112. The summed E-state index contributed by atoms with van der Waals surface area (Å²) >= 11 is 0. The summed E-state index contributed by atoms with van der Waals surface area (Å²) in [6, 6.07) is 7.66. The Labute approximate surface area is 170 Å². The van der Waals surface area contributed by atoms with E-state index in [0.29, 0.717) is 5.82 Å². The molecule has 2 aromatic heterocycles. The highest BCUT2D eigenvalue weighted by atomic mass is 16.5. The Kier molecular flexibility index (Phi) is 6.82. The van der Waals surface area contributed by atoms with E-state index < -0.39 is 30.3 Å². The third-order valence-electron chi connectivity index (χ3n) is 4.07. The number of imidazole rings is 1. The van der Waals surface area contributed by atoms with Gasteiger partial charge in [-0.2, -0.15) is 0 Å². The van der Waals surface area contributed by atoms with Crippen LogP contribution in [0.25, 0.3) is 0 Å². The molecule has 30 heavy (non-hydrogen) atoms. The Hall–Kier alpha value is -4.09. The maximum absolute atomic E-state index is 12.6. The minimum atomic E-state index is -1.30. The van der Waals surface area contributed by atoms with Crippen molar-refractivity contribution >= 4 is 17.8 Å². The number of nitrogens with one attached hydrogen (secondary N) is 1. The molecule has 0 saturated heterocycles. The van der Waals surface area contributed by atoms with Gasteiger partial charge in [0.15, 0.2) is 11.6 Å². The van der Waals surface area contributed by atoms with E-state index in [4.69, 9.17) is 9.84 Å². The molecule has 0 fully saturated rings. The molecule has 3 rings (SSSR count). The van der Waals surface area contributed by atoms with Gasteiger partial charge in [0.1, 0.15) is 19.2 Å². The Morgan fingerprint density at radius 2 is 2.00 bits per heavy atom. The number of aromatic nitrogens is 6. The first-order valence-electron chi connectivity index (χ1n) is 8.94. The zero-order valence-electron chi connectivity index (χ0n) is 15.8. The molecule has 1 unspecified atom stereocenters. The Morgan fingerprint density at radius 1 is 1.20 bits per heavy atom. The molecule has 12 nitrogen and oxygen atoms in total. The zero-order chi connectivity index (χ0) is 21.3. The van der Waals surface area contributed by atoms with Gasteiger partial charge in [-0.05, 0) is 16.0 Å². The van der Waals surface area contributed by atoms with Gasteiger partial charge in [-0.25, -0.2) is 14.5 Å². The lowest BCUT2D eigenvalue weighted by atomic mass is 10.1. The number of carboxylic acids is 1. The molecule has 1 atom stereocenters. The van der Waals surface area contributed by atoms with Crippen molar-refractivity contribution in [1.82, 2.24) is 35.1 Å². The van der Waals surface area contributed by atoms with Crippen molar-refractivity contribution in [3.63, 3.8) is 0 Å². The SMILES string of the molecule is O=C(O)CC(NC(=O)OCc1ccccc1)C(=O)Cn1nnnc1Cn1ccnc1. The largest absolute Gasteiger partial charge is 0.481 e. The third kappa shape index (κ3) is 5.95. The lowest BCUT2D eigenvalue weighted by Crippen LogP contribution is -2.44. The molecular weight excluding hydrogens is 394 g/mol. The van der Waals surface area contributed by atoms with E-state index in [1.54, 1.807) is 47.6 Å². The third-order valence-corrected chi connectivity index (χ3v) is 4.07. The molecule has 3 aromatic rings. The summed E-state index contributed by atoms with van der Waals surface area (Å²) in [7, 11) is 0. The van der Waals surface area contributed by atoms with Crippen LogP contribution in [0.15, 0.2) is 49.1 Å². The molecule has 1 aromatic carbocycles. The first kappa shape index (κ1) is 20.6. The molecule has 0 radical (unpaired) electrons. The number of alkyl carbamates (subject to hydrolysis) is 1. The van der Waals surface area contributed by atoms with Crippen molar-refractivity contribution in [1.29, 1.82) is 0 Å². The van der Waals surface area contributed by atoms with Crippen LogP contribution in [0.2, 0.25) is 0 Å². The number of hydrogen-bond donors (Lipinski definition) is 2. The Balaban J connectivity index is 1.60. The number of carbonyl (C=O) groups excluding carboxylic acids is 2. The van der Waals surface area contributed by atoms with Gasteiger partial charge in [0.2, 0.25) is 0 Å². The molecule has 2 heterocycles. The van der Waals surface area contributed by atoms with E-state index in [1.807, 2.05) is 6.07 Å². The number of tetrazole rings is 1. The fourth-order valence-corrected chi connectivity index (χ4v) is 2.59. The molecule has 0 aliphatic heterocycles. The normalized spacial score (nSPS) is 11.6. The van der Waals surface area contributed by atoms with E-state index >= 15 is 0 Å². The molecule has 2 N–H and O–H groups in total. The van der Waals surface area contributed by atoms with Gasteiger partial charge >= 0.3 is 12.1 Å². The van der Waals surface area contributed by atoms with Crippen molar-refractivity contribution in [3.8, 4) is 0 Å². The van der Waals surface area contributed by atoms with Gasteiger partial charge in [0, 0.05) is 12.4 Å². The maximum atomic E-state index is 12.6. The van der Waals surface area contributed by atoms with Crippen molar-refractivity contribution in [3.05, 3.63) is 60.4 Å². The standard InChI is InChI=1S/C18H19N7O5/c26-15(9-25-16(21-22-23-25)10-24-7-6-19-12-24)14(8-17(27)28)20-18(29)30-11-13-4-2-1-3-5-13/h1-7,12,14H,8-11H2,(H,20,29)(H,27,28). The van der Waals surface area contributed by atoms with E-state index in [-0.39, 0.29) is 19.7 Å². The second-order valence-electron chi connectivity index (χ2n) is 6.31. The molecule has 0 aliphatic rings. The number of ether oxygens (including phenoxy) is 1. The van der Waals surface area contributed by atoms with Crippen LogP contribution >= 0.6 is 0 Å². The van der Waals surface area contributed by atoms with E-state index in [0.717, 1.165) is 5.56 Å². The smallest absolute Gasteiger partial charge is 0.408 e. The van der Waals surface area contributed by atoms with Crippen LogP contribution < -0.4 is 5.32 Å². The molecule has 12 heteroatoms. The number of amides is 1. The van der Waals surface area contributed by atoms with Crippen LogP contribution in [-0.2, 0) is 34.0 Å². The predicted octanol–water partition coefficient (Wildman–Crippen LogP) is 0.257. The average Bonchev–Trinajstić information content (AvgIpc) is 3.39. The highest BCUT2D eigenvalue weighted by Crippen LogP contribution is 2.04. The van der Waals surface area contributed by atoms with Crippen LogP contribution in [0.5, 0.6) is 0 Å². The lowest BCUT2D eigenvalue weighted by molar-refractivity contribution is -0.139. The van der Waals surface area contributed by atoms with Gasteiger partial charge in [-0.15, -0.1) is 5.10 Å². The number of nitrogens with zero attached hydrogens (tertiary/aromatic N) is 6. The summed E-state index contributed by atoms with van der Waals surface area (Å²) in [5.74, 6) is -1.44. The molecule has 0 aliphatic carbocycles. The maximum Gasteiger partial charge on any atom is 0.408 e. The second-order valence-corrected chi connectivity index (χ2v) is 6.31. The topological polar surface area (TPSA) is 154 Å². The zero-order valence-corrected chi connectivity index (χ0v) is 15.8. The fourth-order valence-electron chi connectivity index (χ4n) is 2.59. The average molecular weight is 413 g/mol. The van der Waals surface area contributed by atoms with Crippen molar-refractivity contribution in [2.75, 3.05) is 0 Å². The van der Waals surface area contributed by atoms with Crippen molar-refractivity contribution in [2.24, 2.45) is 0 Å². The molecule has 0 spiro atoms. The van der Waals surface area contributed by atoms with Crippen LogP contribution in [0.4, 0.5) is 4.79 Å². The summed E-state index contributed by atoms with van der Waals surface area (Å²) in [5.41, 5.74) is 0.756. The number of aliphatic carboxylic acids is 1. The highest BCUT2D eigenvalue weighted by Gasteiger charge is 2.26. The van der Waals surface area contributed by atoms with Gasteiger partial charge in [0.25, 0.3) is 0 Å². The van der Waals surface area contributed by atoms with Crippen molar-refractivity contribution in [2.45, 2.75) is 32.2 Å². The number of Topliss-reactive ketones (excluding diaryl/α,β-unsaturated/α-hetero) is 1. The Bertz CT molecular complexity index is 988. The van der Waals surface area contributed by atoms with Gasteiger partial charge in [-0.1, -0.05) is 30.3 Å². The molecule has 156 valence electrons. The number of hydrogen-bond acceptors (Lipinski definition) is 8. The van der Waals surface area contributed by atoms with Crippen LogP contribution in [0.3, 0.4) is 0 Å². The lowest BCUT2D eigenvalue weighted by Gasteiger charge is -2.16. The monoisotopic (exact) mass is 413 g/mol. The van der Waals surface area contributed by atoms with E-state index in [2.05, 4.69) is 25.8 Å². The summed E-state index contributed by atoms with van der Waals surface area (Å²) < 4.78 is 8.02. The number of carbonyl (C=O) groups is 3. The minimum Gasteiger partial charge on any atom is -0.481 e. The van der Waals surface area contributed by atoms with Crippen LogP contribution in [-0.4, -0.2) is 58.8 Å². The van der Waals surface area contributed by atoms with Gasteiger partial charge in [0.05, 0.1) is 19.3 Å². The van der Waals surface area contributed by atoms with Crippen LogP contribution in [0, 0.1) is 0 Å². The summed E-state index contributed by atoms with van der Waals surface area (Å²) in [4.78, 5) is 39.8. The number of ketones is 1. The van der Waals surface area contributed by atoms with Crippen molar-refractivity contribution < 1.29 is 24.2 Å². The highest BCUT2D eigenvalue weighted by molar-refractivity contribution is 5.90. The summed E-state index contributed by atoms with van der Waals surface area (Å²) in [6.07, 6.45) is 3.37. The van der Waals surface area contributed by atoms with E-state index in [1.165, 1.54) is 4.68 Å². The second kappa shape index (κ2) is 9.91. The summed E-state index contributed by atoms with van der Waals surface area (Å²) in [6.45, 7) is -0.0485. The first-order chi connectivity index (χ1) is 14.5. The van der Waals surface area contributed by atoms with Gasteiger partial charge < -0.3 is 19.7 Å². The number of benzene rings is 1. The number of rotatable bonds is 10. The Morgan fingerprint density at radius 3 is 2.70 bits per heavy atom. The molecular formula is C18H19N7O5. The quantitative estimate of drug-likeness (QED) is 0.476. The van der Waals surface area contributed by atoms with Crippen LogP contribution in [0.1, 0.15) is 17.8 Å². The molecule has 0 bridgehead atoms. The van der Waals surface area contributed by atoms with E-state index in [9.17, 15) is 14.4 Å².